The molecule has 1 aromatic heterocycles. The van der Waals surface area contributed by atoms with Crippen LogP contribution in [0.4, 0.5) is 0 Å². The van der Waals surface area contributed by atoms with Gasteiger partial charge in [-0.15, -0.1) is 0 Å². The van der Waals surface area contributed by atoms with Gasteiger partial charge in [0.25, 0.3) is 0 Å². The SMILES string of the molecule is CC(C)=CCc1ccc(O)c2c(=O)c(-c3ccc(O)cc3)coc12. The summed E-state index contributed by atoms with van der Waals surface area (Å²) < 4.78 is 5.70. The summed E-state index contributed by atoms with van der Waals surface area (Å²) in [5.74, 6) is 0.0242. The van der Waals surface area contributed by atoms with Gasteiger partial charge in [0, 0.05) is 0 Å². The van der Waals surface area contributed by atoms with E-state index < -0.39 is 0 Å². The van der Waals surface area contributed by atoms with Gasteiger partial charge in [0.2, 0.25) is 5.43 Å². The van der Waals surface area contributed by atoms with Crippen molar-refractivity contribution in [1.29, 1.82) is 0 Å². The molecule has 0 unspecified atom stereocenters. The Kier molecular flexibility index (Phi) is 4.13. The first-order valence-corrected chi connectivity index (χ1v) is 7.66. The maximum Gasteiger partial charge on any atom is 0.204 e. The number of phenolic OH excluding ortho intramolecular Hbond substituents is 2. The fourth-order valence-corrected chi connectivity index (χ4v) is 2.59. The monoisotopic (exact) mass is 322 g/mol. The summed E-state index contributed by atoms with van der Waals surface area (Å²) in [6.45, 7) is 4.00. The molecule has 0 aliphatic heterocycles. The molecule has 4 heteroatoms. The Morgan fingerprint density at radius 1 is 1.08 bits per heavy atom. The van der Waals surface area contributed by atoms with E-state index >= 15 is 0 Å². The number of phenols is 2. The van der Waals surface area contributed by atoms with Crippen molar-refractivity contribution < 1.29 is 14.6 Å². The van der Waals surface area contributed by atoms with Crippen molar-refractivity contribution >= 4 is 11.0 Å². The van der Waals surface area contributed by atoms with Crippen molar-refractivity contribution in [2.24, 2.45) is 0 Å². The van der Waals surface area contributed by atoms with Crippen LogP contribution in [0.15, 0.2) is 63.5 Å². The zero-order valence-electron chi connectivity index (χ0n) is 13.5. The summed E-state index contributed by atoms with van der Waals surface area (Å²) >= 11 is 0. The topological polar surface area (TPSA) is 70.7 Å². The summed E-state index contributed by atoms with van der Waals surface area (Å²) in [5.41, 5.74) is 3.09. The molecule has 1 heterocycles. The normalized spacial score (nSPS) is 10.8. The predicted molar refractivity (Wildman–Crippen MR) is 94.4 cm³/mol. The number of allylic oxidation sites excluding steroid dienone is 2. The summed E-state index contributed by atoms with van der Waals surface area (Å²) in [4.78, 5) is 12.8. The molecule has 0 aliphatic rings. The molecule has 3 rings (SSSR count). The molecule has 122 valence electrons. The number of hydrogen-bond acceptors (Lipinski definition) is 4. The lowest BCUT2D eigenvalue weighted by atomic mass is 10.0. The summed E-state index contributed by atoms with van der Waals surface area (Å²) in [7, 11) is 0. The van der Waals surface area contributed by atoms with E-state index in [1.165, 1.54) is 30.0 Å². The summed E-state index contributed by atoms with van der Waals surface area (Å²) in [6, 6.07) is 9.57. The zero-order chi connectivity index (χ0) is 17.3. The van der Waals surface area contributed by atoms with Gasteiger partial charge in [-0.25, -0.2) is 0 Å². The van der Waals surface area contributed by atoms with E-state index in [0.29, 0.717) is 23.1 Å². The van der Waals surface area contributed by atoms with Crippen LogP contribution < -0.4 is 5.43 Å². The van der Waals surface area contributed by atoms with Gasteiger partial charge in [-0.3, -0.25) is 4.79 Å². The molecule has 0 saturated carbocycles. The maximum atomic E-state index is 12.8. The molecule has 0 atom stereocenters. The third-order valence-corrected chi connectivity index (χ3v) is 3.89. The van der Waals surface area contributed by atoms with E-state index in [0.717, 1.165) is 5.56 Å². The van der Waals surface area contributed by atoms with Crippen LogP contribution in [0.25, 0.3) is 22.1 Å². The van der Waals surface area contributed by atoms with Crippen LogP contribution in [0.2, 0.25) is 0 Å². The average Bonchev–Trinajstić information content (AvgIpc) is 2.55. The molecule has 3 aromatic rings. The van der Waals surface area contributed by atoms with Gasteiger partial charge in [-0.1, -0.05) is 29.8 Å². The van der Waals surface area contributed by atoms with E-state index in [-0.39, 0.29) is 22.3 Å². The summed E-state index contributed by atoms with van der Waals surface area (Å²) in [5, 5.41) is 19.7. The Balaban J connectivity index is 2.22. The van der Waals surface area contributed by atoms with Gasteiger partial charge >= 0.3 is 0 Å². The molecule has 2 aromatic carbocycles. The van der Waals surface area contributed by atoms with Gasteiger partial charge in [-0.05, 0) is 49.6 Å². The fourth-order valence-electron chi connectivity index (χ4n) is 2.59. The van der Waals surface area contributed by atoms with Gasteiger partial charge in [0.1, 0.15) is 28.7 Å². The van der Waals surface area contributed by atoms with Crippen LogP contribution in [0.1, 0.15) is 19.4 Å². The molecular formula is C20H18O4. The van der Waals surface area contributed by atoms with E-state index in [1.54, 1.807) is 18.2 Å². The Morgan fingerprint density at radius 2 is 1.79 bits per heavy atom. The van der Waals surface area contributed by atoms with Crippen molar-refractivity contribution in [2.75, 3.05) is 0 Å². The minimum absolute atomic E-state index is 0.0969. The second kappa shape index (κ2) is 6.24. The number of hydrogen-bond donors (Lipinski definition) is 2. The third-order valence-electron chi connectivity index (χ3n) is 3.89. The zero-order valence-corrected chi connectivity index (χ0v) is 13.5. The second-order valence-corrected chi connectivity index (χ2v) is 5.96. The van der Waals surface area contributed by atoms with Gasteiger partial charge < -0.3 is 14.6 Å². The Bertz CT molecular complexity index is 975. The third kappa shape index (κ3) is 2.91. The molecule has 0 spiro atoms. The maximum absolute atomic E-state index is 12.8. The van der Waals surface area contributed by atoms with Crippen LogP contribution in [-0.2, 0) is 6.42 Å². The van der Waals surface area contributed by atoms with Crippen molar-refractivity contribution in [2.45, 2.75) is 20.3 Å². The van der Waals surface area contributed by atoms with E-state index in [9.17, 15) is 15.0 Å². The lowest BCUT2D eigenvalue weighted by Gasteiger charge is -2.08. The van der Waals surface area contributed by atoms with E-state index in [1.807, 2.05) is 19.9 Å². The first-order chi connectivity index (χ1) is 11.5. The molecule has 0 fully saturated rings. The van der Waals surface area contributed by atoms with Gasteiger partial charge in [0.05, 0.1) is 5.56 Å². The van der Waals surface area contributed by atoms with Gasteiger partial charge in [0.15, 0.2) is 0 Å². The van der Waals surface area contributed by atoms with Crippen molar-refractivity contribution in [3.8, 4) is 22.6 Å². The fraction of sp³-hybridized carbons (Fsp3) is 0.150. The molecule has 0 saturated heterocycles. The highest BCUT2D eigenvalue weighted by molar-refractivity contribution is 5.89. The molecule has 2 N–H and O–H groups in total. The van der Waals surface area contributed by atoms with E-state index in [4.69, 9.17) is 4.42 Å². The first-order valence-electron chi connectivity index (χ1n) is 7.66. The number of rotatable bonds is 3. The minimum atomic E-state index is -0.293. The van der Waals surface area contributed by atoms with Crippen molar-refractivity contribution in [3.05, 3.63) is 70.1 Å². The van der Waals surface area contributed by atoms with Crippen LogP contribution in [0.5, 0.6) is 11.5 Å². The number of aromatic hydroxyl groups is 2. The smallest absolute Gasteiger partial charge is 0.204 e. The summed E-state index contributed by atoms with van der Waals surface area (Å²) in [6.07, 6.45) is 4.07. The standard InChI is InChI=1S/C20H18O4/c1-12(2)3-4-14-7-10-17(22)18-19(23)16(11-24-20(14)18)13-5-8-15(21)9-6-13/h3,5-11,21-22H,4H2,1-2H3. The van der Waals surface area contributed by atoms with Crippen LogP contribution >= 0.6 is 0 Å². The molecule has 4 nitrogen and oxygen atoms in total. The largest absolute Gasteiger partial charge is 0.508 e. The van der Waals surface area contributed by atoms with Crippen LogP contribution in [-0.4, -0.2) is 10.2 Å². The van der Waals surface area contributed by atoms with Gasteiger partial charge in [-0.2, -0.15) is 0 Å². The van der Waals surface area contributed by atoms with Crippen LogP contribution in [0, 0.1) is 0 Å². The number of fused-ring (bicyclic) bond motifs is 1. The molecular weight excluding hydrogens is 304 g/mol. The van der Waals surface area contributed by atoms with E-state index in [2.05, 4.69) is 0 Å². The van der Waals surface area contributed by atoms with Crippen molar-refractivity contribution in [1.82, 2.24) is 0 Å². The number of benzene rings is 2. The Labute approximate surface area is 139 Å². The highest BCUT2D eigenvalue weighted by Crippen LogP contribution is 2.29. The first kappa shape index (κ1) is 15.9. The highest BCUT2D eigenvalue weighted by atomic mass is 16.3. The van der Waals surface area contributed by atoms with Crippen molar-refractivity contribution in [3.63, 3.8) is 0 Å². The minimum Gasteiger partial charge on any atom is -0.508 e. The molecule has 0 radical (unpaired) electrons. The highest BCUT2D eigenvalue weighted by Gasteiger charge is 2.15. The Morgan fingerprint density at radius 3 is 2.46 bits per heavy atom. The molecule has 0 bridgehead atoms. The lowest BCUT2D eigenvalue weighted by molar-refractivity contribution is 0.475. The predicted octanol–water partition coefficient (Wildman–Crippen LogP) is 4.38. The molecule has 0 amide bonds. The van der Waals surface area contributed by atoms with Crippen LogP contribution in [0.3, 0.4) is 0 Å². The second-order valence-electron chi connectivity index (χ2n) is 5.96. The molecule has 24 heavy (non-hydrogen) atoms. The quantitative estimate of drug-likeness (QED) is 0.702. The Hall–Kier alpha value is -3.01. The average molecular weight is 322 g/mol. The lowest BCUT2D eigenvalue weighted by Crippen LogP contribution is -2.06. The molecule has 0 aliphatic carbocycles.